The minimum atomic E-state index is 0.0836. The van der Waals surface area contributed by atoms with Crippen LogP contribution in [-0.4, -0.2) is 19.9 Å². The highest BCUT2D eigenvalue weighted by molar-refractivity contribution is 5.94. The maximum atomic E-state index is 11.2. The largest absolute Gasteiger partial charge is 0.376 e. The molecule has 0 bridgehead atoms. The van der Waals surface area contributed by atoms with Gasteiger partial charge in [-0.1, -0.05) is 12.1 Å². The molecule has 2 aromatic rings. The molecule has 0 unspecified atom stereocenters. The molecule has 0 atom stereocenters. The van der Waals surface area contributed by atoms with E-state index in [0.29, 0.717) is 0 Å². The quantitative estimate of drug-likeness (QED) is 0.844. The predicted octanol–water partition coefficient (Wildman–Crippen LogP) is 3.70. The first-order valence-corrected chi connectivity index (χ1v) is 6.22. The van der Waals surface area contributed by atoms with Gasteiger partial charge in [0.05, 0.1) is 11.4 Å². The third-order valence-electron chi connectivity index (χ3n) is 2.96. The van der Waals surface area contributed by atoms with E-state index < -0.39 is 0 Å². The van der Waals surface area contributed by atoms with Crippen LogP contribution in [0.1, 0.15) is 17.3 Å². The number of carbonyl (C=O) groups is 1. The average molecular weight is 254 g/mol. The summed E-state index contributed by atoms with van der Waals surface area (Å²) in [5.41, 5.74) is 3.87. The van der Waals surface area contributed by atoms with Crippen LogP contribution in [0.25, 0.3) is 0 Å². The Morgan fingerprint density at radius 1 is 1.00 bits per heavy atom. The first-order chi connectivity index (χ1) is 9.08. The van der Waals surface area contributed by atoms with Gasteiger partial charge in [0.2, 0.25) is 0 Å². The lowest BCUT2D eigenvalue weighted by Gasteiger charge is -2.18. The van der Waals surface area contributed by atoms with Crippen LogP contribution < -0.4 is 10.2 Å². The molecule has 0 spiro atoms. The topological polar surface area (TPSA) is 32.3 Å². The van der Waals surface area contributed by atoms with Gasteiger partial charge in [-0.25, -0.2) is 0 Å². The number of anilines is 3. The zero-order chi connectivity index (χ0) is 13.8. The first-order valence-electron chi connectivity index (χ1n) is 6.22. The lowest BCUT2D eigenvalue weighted by atomic mass is 10.1. The highest BCUT2D eigenvalue weighted by atomic mass is 16.1. The molecule has 0 aliphatic rings. The fraction of sp³-hybridized carbons (Fsp3) is 0.188. The van der Waals surface area contributed by atoms with Crippen LogP contribution in [0.5, 0.6) is 0 Å². The van der Waals surface area contributed by atoms with E-state index in [1.807, 2.05) is 56.6 Å². The number of nitrogens with zero attached hydrogens (tertiary/aromatic N) is 1. The maximum absolute atomic E-state index is 11.2. The summed E-state index contributed by atoms with van der Waals surface area (Å²) in [6.45, 7) is 1.57. The van der Waals surface area contributed by atoms with Crippen molar-refractivity contribution in [1.82, 2.24) is 0 Å². The molecule has 0 aliphatic heterocycles. The van der Waals surface area contributed by atoms with Crippen molar-refractivity contribution in [3.05, 3.63) is 54.1 Å². The van der Waals surface area contributed by atoms with Crippen LogP contribution in [0.3, 0.4) is 0 Å². The van der Waals surface area contributed by atoms with Gasteiger partial charge < -0.3 is 10.2 Å². The van der Waals surface area contributed by atoms with Crippen LogP contribution >= 0.6 is 0 Å². The summed E-state index contributed by atoms with van der Waals surface area (Å²) in [5, 5.41) is 3.37. The van der Waals surface area contributed by atoms with Gasteiger partial charge in [-0.3, -0.25) is 4.79 Å². The molecule has 0 radical (unpaired) electrons. The zero-order valence-corrected chi connectivity index (χ0v) is 11.5. The van der Waals surface area contributed by atoms with E-state index in [-0.39, 0.29) is 5.78 Å². The van der Waals surface area contributed by atoms with E-state index in [4.69, 9.17) is 0 Å². The van der Waals surface area contributed by atoms with Gasteiger partial charge in [-0.15, -0.1) is 0 Å². The van der Waals surface area contributed by atoms with Crippen molar-refractivity contribution in [3.63, 3.8) is 0 Å². The molecule has 0 aromatic heterocycles. The van der Waals surface area contributed by atoms with Crippen molar-refractivity contribution >= 4 is 22.8 Å². The monoisotopic (exact) mass is 254 g/mol. The highest BCUT2D eigenvalue weighted by Crippen LogP contribution is 2.27. The highest BCUT2D eigenvalue weighted by Gasteiger charge is 2.04. The molecule has 0 aliphatic carbocycles. The summed E-state index contributed by atoms with van der Waals surface area (Å²) >= 11 is 0. The Balaban J connectivity index is 2.24. The molecule has 19 heavy (non-hydrogen) atoms. The zero-order valence-electron chi connectivity index (χ0n) is 11.5. The van der Waals surface area contributed by atoms with Gasteiger partial charge in [0, 0.05) is 25.3 Å². The Kier molecular flexibility index (Phi) is 3.85. The van der Waals surface area contributed by atoms with Crippen molar-refractivity contribution in [1.29, 1.82) is 0 Å². The van der Waals surface area contributed by atoms with Crippen molar-refractivity contribution in [3.8, 4) is 0 Å². The molecule has 0 heterocycles. The Morgan fingerprint density at radius 2 is 1.63 bits per heavy atom. The molecular formula is C16H18N2O. The number of nitrogens with one attached hydrogen (secondary N) is 1. The molecule has 0 saturated heterocycles. The summed E-state index contributed by atoms with van der Waals surface area (Å²) in [6, 6.07) is 15.6. The van der Waals surface area contributed by atoms with E-state index in [2.05, 4.69) is 16.3 Å². The minimum Gasteiger partial charge on any atom is -0.376 e. The molecular weight excluding hydrogens is 236 g/mol. The lowest BCUT2D eigenvalue weighted by molar-refractivity contribution is 0.101. The van der Waals surface area contributed by atoms with E-state index in [1.165, 1.54) is 0 Å². The number of ketones is 1. The van der Waals surface area contributed by atoms with Gasteiger partial charge in [0.25, 0.3) is 0 Å². The molecule has 2 rings (SSSR count). The summed E-state index contributed by atoms with van der Waals surface area (Å²) in [4.78, 5) is 13.3. The molecule has 1 N–H and O–H groups in total. The lowest BCUT2D eigenvalue weighted by Crippen LogP contribution is -2.10. The molecule has 0 saturated carbocycles. The number of rotatable bonds is 4. The number of para-hydroxylation sites is 2. The second kappa shape index (κ2) is 5.57. The molecule has 98 valence electrons. The molecule has 0 amide bonds. The summed E-state index contributed by atoms with van der Waals surface area (Å²) < 4.78 is 0. The number of Topliss-reactive ketones (excluding diaryl/α,β-unsaturated/α-hetero) is 1. The Labute approximate surface area is 113 Å². The second-order valence-corrected chi connectivity index (χ2v) is 4.67. The van der Waals surface area contributed by atoms with Gasteiger partial charge in [0.15, 0.2) is 5.78 Å². The Bertz CT molecular complexity index is 574. The Morgan fingerprint density at radius 3 is 2.21 bits per heavy atom. The molecule has 0 fully saturated rings. The fourth-order valence-corrected chi connectivity index (χ4v) is 1.91. The van der Waals surface area contributed by atoms with Crippen molar-refractivity contribution < 1.29 is 4.79 Å². The van der Waals surface area contributed by atoms with Crippen LogP contribution in [0, 0.1) is 0 Å². The van der Waals surface area contributed by atoms with E-state index in [1.54, 1.807) is 6.92 Å². The van der Waals surface area contributed by atoms with E-state index in [9.17, 15) is 4.79 Å². The number of carbonyl (C=O) groups excluding carboxylic acids is 1. The van der Waals surface area contributed by atoms with E-state index in [0.717, 1.165) is 22.6 Å². The first kappa shape index (κ1) is 13.1. The molecule has 2 aromatic carbocycles. The molecule has 3 heteroatoms. The minimum absolute atomic E-state index is 0.0836. The molecule has 3 nitrogen and oxygen atoms in total. The standard InChI is InChI=1S/C16H18N2O/c1-12(19)13-8-10-14(11-9-13)17-15-6-4-5-7-16(15)18(2)3/h4-11,17H,1-3H3. The van der Waals surface area contributed by atoms with Crippen LogP contribution in [-0.2, 0) is 0 Å². The number of hydrogen-bond donors (Lipinski definition) is 1. The maximum Gasteiger partial charge on any atom is 0.159 e. The number of hydrogen-bond acceptors (Lipinski definition) is 3. The van der Waals surface area contributed by atoms with Crippen molar-refractivity contribution in [2.75, 3.05) is 24.3 Å². The predicted molar refractivity (Wildman–Crippen MR) is 80.5 cm³/mol. The SMILES string of the molecule is CC(=O)c1ccc(Nc2ccccc2N(C)C)cc1. The van der Waals surface area contributed by atoms with Crippen LogP contribution in [0.4, 0.5) is 17.1 Å². The van der Waals surface area contributed by atoms with E-state index >= 15 is 0 Å². The third kappa shape index (κ3) is 3.13. The summed E-state index contributed by atoms with van der Waals surface area (Å²) in [6.07, 6.45) is 0. The van der Waals surface area contributed by atoms with Gasteiger partial charge in [-0.05, 0) is 43.3 Å². The van der Waals surface area contributed by atoms with Crippen molar-refractivity contribution in [2.24, 2.45) is 0 Å². The normalized spacial score (nSPS) is 10.1. The second-order valence-electron chi connectivity index (χ2n) is 4.67. The van der Waals surface area contributed by atoms with Crippen molar-refractivity contribution in [2.45, 2.75) is 6.92 Å². The number of benzene rings is 2. The third-order valence-corrected chi connectivity index (χ3v) is 2.96. The summed E-state index contributed by atoms with van der Waals surface area (Å²) in [5.74, 6) is 0.0836. The van der Waals surface area contributed by atoms with Gasteiger partial charge in [0.1, 0.15) is 0 Å². The van der Waals surface area contributed by atoms with Gasteiger partial charge in [-0.2, -0.15) is 0 Å². The van der Waals surface area contributed by atoms with Gasteiger partial charge >= 0.3 is 0 Å². The average Bonchev–Trinajstić information content (AvgIpc) is 2.39. The smallest absolute Gasteiger partial charge is 0.159 e. The fourth-order valence-electron chi connectivity index (χ4n) is 1.91. The van der Waals surface area contributed by atoms with Crippen LogP contribution in [0.15, 0.2) is 48.5 Å². The van der Waals surface area contributed by atoms with Crippen LogP contribution in [0.2, 0.25) is 0 Å². The Hall–Kier alpha value is -2.29. The summed E-state index contributed by atoms with van der Waals surface area (Å²) in [7, 11) is 4.03.